The molecule has 0 heterocycles. The Labute approximate surface area is 113 Å². The van der Waals surface area contributed by atoms with Gasteiger partial charge in [0.25, 0.3) is 0 Å². The highest BCUT2D eigenvalue weighted by molar-refractivity contribution is 7.98. The van der Waals surface area contributed by atoms with E-state index < -0.39 is 11.9 Å². The lowest BCUT2D eigenvalue weighted by Gasteiger charge is -2.13. The number of carbonyl (C=O) groups is 1. The molecule has 2 N–H and O–H groups in total. The largest absolute Gasteiger partial charge is 0.481 e. The van der Waals surface area contributed by atoms with Gasteiger partial charge in [0.1, 0.15) is 0 Å². The first-order valence-corrected chi connectivity index (χ1v) is 7.48. The first-order valence-electron chi connectivity index (χ1n) is 6.08. The molecule has 0 bridgehead atoms. The summed E-state index contributed by atoms with van der Waals surface area (Å²) in [6.45, 7) is 4.69. The Morgan fingerprint density at radius 3 is 2.44 bits per heavy atom. The van der Waals surface area contributed by atoms with Gasteiger partial charge in [0.2, 0.25) is 0 Å². The molecule has 1 rings (SSSR count). The van der Waals surface area contributed by atoms with Gasteiger partial charge in [0.05, 0.1) is 5.92 Å². The van der Waals surface area contributed by atoms with Crippen molar-refractivity contribution in [2.45, 2.75) is 32.4 Å². The summed E-state index contributed by atoms with van der Waals surface area (Å²) < 4.78 is 0. The van der Waals surface area contributed by atoms with Gasteiger partial charge in [0, 0.05) is 18.3 Å². The molecule has 2 atom stereocenters. The van der Waals surface area contributed by atoms with Gasteiger partial charge in [-0.3, -0.25) is 4.79 Å². The monoisotopic (exact) mass is 267 g/mol. The first-order chi connectivity index (χ1) is 8.54. The van der Waals surface area contributed by atoms with Gasteiger partial charge in [-0.2, -0.15) is 11.8 Å². The fourth-order valence-electron chi connectivity index (χ4n) is 1.67. The average molecular weight is 267 g/mol. The van der Waals surface area contributed by atoms with E-state index in [1.807, 2.05) is 36.0 Å². The molecule has 100 valence electrons. The van der Waals surface area contributed by atoms with Crippen molar-refractivity contribution in [2.24, 2.45) is 0 Å². The number of hydrogen-bond acceptors (Lipinski definition) is 3. The molecule has 0 saturated heterocycles. The number of thioether (sulfide) groups is 1. The van der Waals surface area contributed by atoms with Gasteiger partial charge < -0.3 is 10.4 Å². The lowest BCUT2D eigenvalue weighted by molar-refractivity contribution is -0.138. The molecule has 4 heteroatoms. The molecule has 3 nitrogen and oxygen atoms in total. The zero-order valence-corrected chi connectivity index (χ0v) is 12.0. The van der Waals surface area contributed by atoms with E-state index in [0.717, 1.165) is 17.9 Å². The molecule has 1 aromatic rings. The second-order valence-electron chi connectivity index (χ2n) is 4.54. The van der Waals surface area contributed by atoms with Crippen LogP contribution >= 0.6 is 11.8 Å². The standard InChI is InChI=1S/C14H21NO2S/c1-10(9-18-3)15-8-12-4-6-13(7-5-12)11(2)14(16)17/h4-7,10-11,15H,8-9H2,1-3H3,(H,16,17). The summed E-state index contributed by atoms with van der Waals surface area (Å²) >= 11 is 1.83. The Hall–Kier alpha value is -1.00. The summed E-state index contributed by atoms with van der Waals surface area (Å²) in [5.41, 5.74) is 2.03. The molecular weight excluding hydrogens is 246 g/mol. The molecule has 1 aromatic carbocycles. The molecule has 0 radical (unpaired) electrons. The normalized spacial score (nSPS) is 14.2. The van der Waals surface area contributed by atoms with E-state index >= 15 is 0 Å². The second-order valence-corrected chi connectivity index (χ2v) is 5.45. The predicted octanol–water partition coefficient (Wildman–Crippen LogP) is 2.72. The third kappa shape index (κ3) is 4.70. The second kappa shape index (κ2) is 7.44. The van der Waals surface area contributed by atoms with Crippen LogP contribution in [0.1, 0.15) is 30.9 Å². The number of benzene rings is 1. The van der Waals surface area contributed by atoms with E-state index in [9.17, 15) is 4.79 Å². The number of aliphatic carboxylic acids is 1. The quantitative estimate of drug-likeness (QED) is 0.797. The highest BCUT2D eigenvalue weighted by Crippen LogP contribution is 2.16. The van der Waals surface area contributed by atoms with Gasteiger partial charge in [-0.25, -0.2) is 0 Å². The Balaban J connectivity index is 2.53. The van der Waals surface area contributed by atoms with Crippen LogP contribution in [0.5, 0.6) is 0 Å². The molecule has 0 aliphatic carbocycles. The molecule has 0 saturated carbocycles. The predicted molar refractivity (Wildman–Crippen MR) is 77.2 cm³/mol. The highest BCUT2D eigenvalue weighted by atomic mass is 32.2. The average Bonchev–Trinajstić information content (AvgIpc) is 2.36. The Kier molecular flexibility index (Phi) is 6.22. The minimum Gasteiger partial charge on any atom is -0.481 e. The van der Waals surface area contributed by atoms with Gasteiger partial charge in [-0.1, -0.05) is 24.3 Å². The van der Waals surface area contributed by atoms with Crippen molar-refractivity contribution < 1.29 is 9.90 Å². The van der Waals surface area contributed by atoms with Crippen molar-refractivity contribution >= 4 is 17.7 Å². The van der Waals surface area contributed by atoms with Crippen LogP contribution in [0.15, 0.2) is 24.3 Å². The topological polar surface area (TPSA) is 49.3 Å². The van der Waals surface area contributed by atoms with E-state index in [-0.39, 0.29) is 0 Å². The van der Waals surface area contributed by atoms with Crippen LogP contribution in [0, 0.1) is 0 Å². The summed E-state index contributed by atoms with van der Waals surface area (Å²) in [7, 11) is 0. The molecule has 2 unspecified atom stereocenters. The zero-order chi connectivity index (χ0) is 13.5. The minimum atomic E-state index is -0.783. The van der Waals surface area contributed by atoms with E-state index in [2.05, 4.69) is 18.5 Å². The summed E-state index contributed by atoms with van der Waals surface area (Å²) in [4.78, 5) is 10.9. The van der Waals surface area contributed by atoms with Crippen LogP contribution in [0.2, 0.25) is 0 Å². The number of rotatable bonds is 7. The Morgan fingerprint density at radius 2 is 1.94 bits per heavy atom. The van der Waals surface area contributed by atoms with Gasteiger partial charge in [-0.15, -0.1) is 0 Å². The molecule has 0 amide bonds. The lowest BCUT2D eigenvalue weighted by atomic mass is 10.00. The summed E-state index contributed by atoms with van der Waals surface area (Å²) in [5, 5.41) is 12.4. The number of nitrogens with one attached hydrogen (secondary N) is 1. The highest BCUT2D eigenvalue weighted by Gasteiger charge is 2.12. The SMILES string of the molecule is CSCC(C)NCc1ccc(C(C)C(=O)O)cc1. The van der Waals surface area contributed by atoms with Crippen molar-refractivity contribution in [1.29, 1.82) is 0 Å². The van der Waals surface area contributed by atoms with E-state index in [0.29, 0.717) is 6.04 Å². The first kappa shape index (κ1) is 15.1. The maximum Gasteiger partial charge on any atom is 0.310 e. The summed E-state index contributed by atoms with van der Waals surface area (Å²) in [5.74, 6) is -0.134. The molecule has 18 heavy (non-hydrogen) atoms. The van der Waals surface area contributed by atoms with Crippen LogP contribution in [-0.4, -0.2) is 29.1 Å². The maximum absolute atomic E-state index is 10.9. The van der Waals surface area contributed by atoms with E-state index in [4.69, 9.17) is 5.11 Å². The Morgan fingerprint density at radius 1 is 1.33 bits per heavy atom. The van der Waals surface area contributed by atoms with Crippen molar-refractivity contribution in [3.63, 3.8) is 0 Å². The van der Waals surface area contributed by atoms with Crippen molar-refractivity contribution in [2.75, 3.05) is 12.0 Å². The van der Waals surface area contributed by atoms with Gasteiger partial charge in [-0.05, 0) is 31.2 Å². The zero-order valence-electron chi connectivity index (χ0n) is 11.1. The molecule has 0 fully saturated rings. The molecule has 0 aliphatic heterocycles. The third-order valence-electron chi connectivity index (χ3n) is 2.92. The van der Waals surface area contributed by atoms with Crippen LogP contribution in [0.25, 0.3) is 0 Å². The number of carboxylic acids is 1. The fourth-order valence-corrected chi connectivity index (χ4v) is 2.29. The van der Waals surface area contributed by atoms with Crippen molar-refractivity contribution in [3.8, 4) is 0 Å². The van der Waals surface area contributed by atoms with Gasteiger partial charge in [0.15, 0.2) is 0 Å². The van der Waals surface area contributed by atoms with Crippen LogP contribution in [-0.2, 0) is 11.3 Å². The molecule has 0 aliphatic rings. The summed E-state index contributed by atoms with van der Waals surface area (Å²) in [6, 6.07) is 8.27. The van der Waals surface area contributed by atoms with Crippen LogP contribution in [0.4, 0.5) is 0 Å². The minimum absolute atomic E-state index is 0.442. The van der Waals surface area contributed by atoms with Crippen molar-refractivity contribution in [1.82, 2.24) is 5.32 Å². The molecular formula is C14H21NO2S. The van der Waals surface area contributed by atoms with Gasteiger partial charge >= 0.3 is 5.97 Å². The van der Waals surface area contributed by atoms with E-state index in [1.54, 1.807) is 6.92 Å². The molecule has 0 aromatic heterocycles. The number of hydrogen-bond donors (Lipinski definition) is 2. The molecule has 0 spiro atoms. The smallest absolute Gasteiger partial charge is 0.310 e. The Bertz CT molecular complexity index is 378. The third-order valence-corrected chi connectivity index (χ3v) is 3.75. The summed E-state index contributed by atoms with van der Waals surface area (Å²) in [6.07, 6.45) is 2.10. The maximum atomic E-state index is 10.9. The van der Waals surface area contributed by atoms with Crippen LogP contribution in [0.3, 0.4) is 0 Å². The van der Waals surface area contributed by atoms with E-state index in [1.165, 1.54) is 5.56 Å². The van der Waals surface area contributed by atoms with Crippen LogP contribution < -0.4 is 5.32 Å². The lowest BCUT2D eigenvalue weighted by Crippen LogP contribution is -2.27. The van der Waals surface area contributed by atoms with Crippen molar-refractivity contribution in [3.05, 3.63) is 35.4 Å². The number of carboxylic acid groups (broad SMARTS) is 1. The fraction of sp³-hybridized carbons (Fsp3) is 0.500.